The molecule has 4 aromatic rings. The number of aromatic nitrogens is 1. The molecule has 0 saturated heterocycles. The van der Waals surface area contributed by atoms with Gasteiger partial charge in [-0.3, -0.25) is 9.36 Å². The van der Waals surface area contributed by atoms with Crippen molar-refractivity contribution in [2.24, 2.45) is 4.99 Å². The molecule has 0 spiro atoms. The maximum Gasteiger partial charge on any atom is 0.338 e. The first kappa shape index (κ1) is 30.1. The largest absolute Gasteiger partial charge is 0.488 e. The number of thioether (sulfide) groups is 1. The monoisotopic (exact) mass is 808 g/mol. The van der Waals surface area contributed by atoms with E-state index in [9.17, 15) is 9.59 Å². The van der Waals surface area contributed by atoms with Gasteiger partial charge in [0.25, 0.3) is 5.56 Å². The lowest BCUT2D eigenvalue weighted by atomic mass is 9.96. The summed E-state index contributed by atoms with van der Waals surface area (Å²) in [5.41, 5.74) is 3.51. The molecule has 0 N–H and O–H groups in total. The normalized spacial score (nSPS) is 15.0. The summed E-state index contributed by atoms with van der Waals surface area (Å²) in [6.45, 7) is 4.25. The van der Waals surface area contributed by atoms with E-state index in [-0.39, 0.29) is 12.2 Å². The van der Waals surface area contributed by atoms with E-state index in [0.29, 0.717) is 27.2 Å². The van der Waals surface area contributed by atoms with Crippen LogP contribution in [0.15, 0.2) is 92.7 Å². The summed E-state index contributed by atoms with van der Waals surface area (Å²) >= 11 is 7.52. The summed E-state index contributed by atoms with van der Waals surface area (Å²) in [7, 11) is 0. The number of ether oxygens (including phenoxy) is 2. The van der Waals surface area contributed by atoms with Crippen LogP contribution in [0, 0.1) is 7.14 Å². The van der Waals surface area contributed by atoms with Gasteiger partial charge < -0.3 is 9.47 Å². The molecule has 0 radical (unpaired) electrons. The molecule has 2 heterocycles. The van der Waals surface area contributed by atoms with Crippen LogP contribution in [-0.2, 0) is 16.1 Å². The highest BCUT2D eigenvalue weighted by atomic mass is 127. The standard InChI is InChI=1S/C31H26I2N2O4S2/c1-4-38-30(37)27-18(2)34-31-35(28(27)21-9-12-23(40-3)13-10-21)29(36)26(41-31)15-19-5-7-20(8-6-19)17-39-25-14-11-22(32)16-24(25)33/h5-16,28H,4,17H2,1-3H3/b26-15-/t28-/m0/s1. The Bertz CT molecular complexity index is 1810. The van der Waals surface area contributed by atoms with E-state index in [2.05, 4.69) is 56.2 Å². The van der Waals surface area contributed by atoms with Crippen LogP contribution in [0.1, 0.15) is 36.6 Å². The number of allylic oxidation sites excluding steroid dienone is 1. The van der Waals surface area contributed by atoms with Crippen LogP contribution in [0.25, 0.3) is 6.08 Å². The van der Waals surface area contributed by atoms with E-state index >= 15 is 0 Å². The van der Waals surface area contributed by atoms with Crippen LogP contribution < -0.4 is 19.6 Å². The Morgan fingerprint density at radius 3 is 2.49 bits per heavy atom. The molecule has 0 amide bonds. The topological polar surface area (TPSA) is 69.9 Å². The van der Waals surface area contributed by atoms with Crippen molar-refractivity contribution in [3.05, 3.63) is 122 Å². The second-order valence-corrected chi connectivity index (χ2v) is 13.5. The van der Waals surface area contributed by atoms with Crippen molar-refractivity contribution in [3.8, 4) is 5.75 Å². The van der Waals surface area contributed by atoms with Gasteiger partial charge in [0, 0.05) is 8.47 Å². The molecule has 210 valence electrons. The minimum Gasteiger partial charge on any atom is -0.488 e. The number of halogens is 2. The lowest BCUT2D eigenvalue weighted by molar-refractivity contribution is -0.139. The van der Waals surface area contributed by atoms with Gasteiger partial charge >= 0.3 is 5.97 Å². The third-order valence-electron chi connectivity index (χ3n) is 6.51. The van der Waals surface area contributed by atoms with Gasteiger partial charge in [0.15, 0.2) is 4.80 Å². The number of rotatable bonds is 8. The number of hydrogen-bond donors (Lipinski definition) is 0. The maximum absolute atomic E-state index is 13.8. The van der Waals surface area contributed by atoms with Crippen LogP contribution in [0.4, 0.5) is 0 Å². The smallest absolute Gasteiger partial charge is 0.338 e. The van der Waals surface area contributed by atoms with Gasteiger partial charge in [-0.05, 0) is 118 Å². The van der Waals surface area contributed by atoms with Gasteiger partial charge in [-0.1, -0.05) is 47.7 Å². The zero-order valence-electron chi connectivity index (χ0n) is 22.5. The number of carbonyl (C=O) groups is 1. The number of hydrogen-bond acceptors (Lipinski definition) is 7. The molecule has 0 fully saturated rings. The molecule has 0 bridgehead atoms. The number of fused-ring (bicyclic) bond motifs is 1. The molecule has 10 heteroatoms. The van der Waals surface area contributed by atoms with E-state index < -0.39 is 12.0 Å². The first-order valence-corrected chi connectivity index (χ1v) is 17.0. The van der Waals surface area contributed by atoms with Gasteiger partial charge in [-0.2, -0.15) is 0 Å². The van der Waals surface area contributed by atoms with E-state index in [1.54, 1.807) is 30.2 Å². The highest BCUT2D eigenvalue weighted by Gasteiger charge is 2.33. The second-order valence-electron chi connectivity index (χ2n) is 9.18. The quantitative estimate of drug-likeness (QED) is 0.119. The Balaban J connectivity index is 1.48. The van der Waals surface area contributed by atoms with Gasteiger partial charge in [0.05, 0.1) is 32.0 Å². The zero-order valence-corrected chi connectivity index (χ0v) is 28.5. The molecule has 0 saturated carbocycles. The van der Waals surface area contributed by atoms with E-state index in [0.717, 1.165) is 30.9 Å². The van der Waals surface area contributed by atoms with Gasteiger partial charge in [0.1, 0.15) is 12.4 Å². The van der Waals surface area contributed by atoms with Crippen molar-refractivity contribution >= 4 is 80.3 Å². The van der Waals surface area contributed by atoms with Crippen molar-refractivity contribution in [1.82, 2.24) is 4.57 Å². The fourth-order valence-corrected chi connectivity index (χ4v) is 7.72. The summed E-state index contributed by atoms with van der Waals surface area (Å²) < 4.78 is 15.8. The minimum atomic E-state index is -0.619. The van der Waals surface area contributed by atoms with Crippen LogP contribution in [-0.4, -0.2) is 23.4 Å². The molecule has 6 nitrogen and oxygen atoms in total. The molecule has 3 aromatic carbocycles. The van der Waals surface area contributed by atoms with Crippen LogP contribution >= 0.6 is 68.3 Å². The van der Waals surface area contributed by atoms with Crippen LogP contribution in [0.3, 0.4) is 0 Å². The Morgan fingerprint density at radius 1 is 1.10 bits per heavy atom. The first-order chi connectivity index (χ1) is 19.8. The molecule has 0 unspecified atom stereocenters. The number of carbonyl (C=O) groups excluding carboxylic acids is 1. The third kappa shape index (κ3) is 6.65. The number of nitrogens with zero attached hydrogens (tertiary/aromatic N) is 2. The summed E-state index contributed by atoms with van der Waals surface area (Å²) in [6, 6.07) is 21.3. The molecule has 0 aliphatic carbocycles. The fraction of sp³-hybridized carbons (Fsp3) is 0.194. The molecular weight excluding hydrogens is 782 g/mol. The Morgan fingerprint density at radius 2 is 1.83 bits per heavy atom. The molecular formula is C31H26I2N2O4S2. The molecule has 1 aliphatic heterocycles. The van der Waals surface area contributed by atoms with Crippen LogP contribution in [0.2, 0.25) is 0 Å². The Labute approximate surface area is 273 Å². The summed E-state index contributed by atoms with van der Waals surface area (Å²) in [6.07, 6.45) is 3.88. The summed E-state index contributed by atoms with van der Waals surface area (Å²) in [5, 5.41) is 0. The lowest BCUT2D eigenvalue weighted by Crippen LogP contribution is -2.39. The third-order valence-corrected chi connectivity index (χ3v) is 9.75. The highest BCUT2D eigenvalue weighted by Crippen LogP contribution is 2.31. The fourth-order valence-electron chi connectivity index (χ4n) is 4.51. The second kappa shape index (κ2) is 13.3. The Kier molecular flexibility index (Phi) is 9.72. The van der Waals surface area contributed by atoms with Crippen molar-refractivity contribution in [1.29, 1.82) is 0 Å². The molecule has 5 rings (SSSR count). The first-order valence-electron chi connectivity index (χ1n) is 12.8. The van der Waals surface area contributed by atoms with Crippen molar-refractivity contribution in [3.63, 3.8) is 0 Å². The van der Waals surface area contributed by atoms with Crippen molar-refractivity contribution in [2.45, 2.75) is 31.4 Å². The van der Waals surface area contributed by atoms with Gasteiger partial charge in [-0.25, -0.2) is 9.79 Å². The molecule has 1 atom stereocenters. The lowest BCUT2D eigenvalue weighted by Gasteiger charge is -2.24. The van der Waals surface area contributed by atoms with Crippen LogP contribution in [0.5, 0.6) is 5.75 Å². The summed E-state index contributed by atoms with van der Waals surface area (Å²) in [4.78, 5) is 33.2. The molecule has 1 aromatic heterocycles. The average molecular weight is 809 g/mol. The Hall–Kier alpha value is -2.42. The maximum atomic E-state index is 13.8. The molecule has 1 aliphatic rings. The molecule has 41 heavy (non-hydrogen) atoms. The predicted molar refractivity (Wildman–Crippen MR) is 181 cm³/mol. The van der Waals surface area contributed by atoms with Crippen molar-refractivity contribution < 1.29 is 14.3 Å². The minimum absolute atomic E-state index is 0.192. The number of benzene rings is 3. The number of thiazole rings is 1. The SMILES string of the molecule is CCOC(=O)C1=C(C)N=c2s/c(=C\c3ccc(COc4ccc(I)cc4I)cc3)c(=O)n2[C@H]1c1ccc(SC)cc1. The van der Waals surface area contributed by atoms with E-state index in [1.807, 2.05) is 73.0 Å². The van der Waals surface area contributed by atoms with E-state index in [1.165, 1.54) is 14.9 Å². The predicted octanol–water partition coefficient (Wildman–Crippen LogP) is 6.31. The van der Waals surface area contributed by atoms with Crippen molar-refractivity contribution in [2.75, 3.05) is 12.9 Å². The van der Waals surface area contributed by atoms with E-state index in [4.69, 9.17) is 9.47 Å². The highest BCUT2D eigenvalue weighted by molar-refractivity contribution is 14.1. The number of esters is 1. The van der Waals surface area contributed by atoms with Gasteiger partial charge in [-0.15, -0.1) is 11.8 Å². The average Bonchev–Trinajstić information content (AvgIpc) is 3.26. The summed E-state index contributed by atoms with van der Waals surface area (Å²) in [5.74, 6) is 0.394. The zero-order chi connectivity index (χ0) is 29.1. The van der Waals surface area contributed by atoms with Gasteiger partial charge in [0.2, 0.25) is 0 Å².